The average Bonchev–Trinajstić information content (AvgIpc) is 2.81. The first kappa shape index (κ1) is 22.5. The van der Waals surface area contributed by atoms with Gasteiger partial charge in [-0.2, -0.15) is 0 Å². The van der Waals surface area contributed by atoms with Crippen LogP contribution in [0.4, 0.5) is 4.39 Å². The standard InChI is InChI=1S/C29H39FO/c1-3-4-21-5-9-23(10-6-21)24-13-15-25(16-14-24)27-17-18-28(29(30)19-27)26-11-7-22(8-12-26)20-31-2/h13-19,21-23,26H,3-12,20H2,1-2H3. The molecule has 0 unspecified atom stereocenters. The zero-order valence-electron chi connectivity index (χ0n) is 19.4. The second kappa shape index (κ2) is 10.8. The highest BCUT2D eigenvalue weighted by Crippen LogP contribution is 2.39. The van der Waals surface area contributed by atoms with E-state index in [4.69, 9.17) is 4.74 Å². The van der Waals surface area contributed by atoms with Gasteiger partial charge in [0, 0.05) is 13.7 Å². The summed E-state index contributed by atoms with van der Waals surface area (Å²) in [6.07, 6.45) is 12.5. The van der Waals surface area contributed by atoms with Crippen molar-refractivity contribution in [3.05, 3.63) is 59.4 Å². The first-order valence-corrected chi connectivity index (χ1v) is 12.6. The van der Waals surface area contributed by atoms with Gasteiger partial charge in [-0.1, -0.05) is 56.2 Å². The molecular formula is C29H39FO. The van der Waals surface area contributed by atoms with Gasteiger partial charge in [0.15, 0.2) is 0 Å². The van der Waals surface area contributed by atoms with Crippen LogP contribution in [-0.2, 0) is 4.74 Å². The molecule has 4 rings (SSSR count). The van der Waals surface area contributed by atoms with Crippen molar-refractivity contribution in [2.75, 3.05) is 13.7 Å². The van der Waals surface area contributed by atoms with Crippen LogP contribution in [0.15, 0.2) is 42.5 Å². The molecule has 0 aromatic heterocycles. The summed E-state index contributed by atoms with van der Waals surface area (Å²) >= 11 is 0. The number of ether oxygens (including phenoxy) is 1. The van der Waals surface area contributed by atoms with E-state index in [-0.39, 0.29) is 5.82 Å². The molecule has 168 valence electrons. The molecule has 2 saturated carbocycles. The number of methoxy groups -OCH3 is 1. The van der Waals surface area contributed by atoms with E-state index in [2.05, 4.69) is 37.3 Å². The zero-order valence-corrected chi connectivity index (χ0v) is 19.4. The molecule has 0 aliphatic heterocycles. The molecule has 0 radical (unpaired) electrons. The molecule has 31 heavy (non-hydrogen) atoms. The van der Waals surface area contributed by atoms with Gasteiger partial charge in [0.05, 0.1) is 0 Å². The molecule has 1 nitrogen and oxygen atoms in total. The third kappa shape index (κ3) is 5.58. The Hall–Kier alpha value is -1.67. The number of benzene rings is 2. The minimum absolute atomic E-state index is 0.0361. The van der Waals surface area contributed by atoms with Crippen LogP contribution in [0.2, 0.25) is 0 Å². The highest BCUT2D eigenvalue weighted by Gasteiger charge is 2.25. The molecule has 2 aliphatic carbocycles. The van der Waals surface area contributed by atoms with Crippen LogP contribution in [0.5, 0.6) is 0 Å². The lowest BCUT2D eigenvalue weighted by molar-refractivity contribution is 0.127. The summed E-state index contributed by atoms with van der Waals surface area (Å²) in [6, 6.07) is 14.9. The second-order valence-electron chi connectivity index (χ2n) is 10.0. The van der Waals surface area contributed by atoms with Crippen molar-refractivity contribution in [3.63, 3.8) is 0 Å². The Bertz CT molecular complexity index is 811. The summed E-state index contributed by atoms with van der Waals surface area (Å²) in [5.74, 6) is 2.61. The SMILES string of the molecule is CCCC1CCC(c2ccc(-c3ccc(C4CCC(COC)CC4)c(F)c3)cc2)CC1. The smallest absolute Gasteiger partial charge is 0.127 e. The van der Waals surface area contributed by atoms with Gasteiger partial charge in [0.1, 0.15) is 5.82 Å². The number of hydrogen-bond acceptors (Lipinski definition) is 1. The van der Waals surface area contributed by atoms with Gasteiger partial charge in [0.2, 0.25) is 0 Å². The zero-order chi connectivity index (χ0) is 21.6. The summed E-state index contributed by atoms with van der Waals surface area (Å²) in [6.45, 7) is 3.14. The van der Waals surface area contributed by atoms with Gasteiger partial charge in [-0.15, -0.1) is 0 Å². The lowest BCUT2D eigenvalue weighted by atomic mass is 9.77. The molecule has 0 heterocycles. The van der Waals surface area contributed by atoms with E-state index in [1.807, 2.05) is 6.07 Å². The molecule has 0 saturated heterocycles. The Balaban J connectivity index is 1.38. The molecule has 2 heteroatoms. The molecule has 0 bridgehead atoms. The van der Waals surface area contributed by atoms with Crippen LogP contribution < -0.4 is 0 Å². The molecule has 0 spiro atoms. The predicted molar refractivity (Wildman–Crippen MR) is 128 cm³/mol. The van der Waals surface area contributed by atoms with E-state index in [9.17, 15) is 0 Å². The van der Waals surface area contributed by atoms with Gasteiger partial charge < -0.3 is 4.74 Å². The van der Waals surface area contributed by atoms with Crippen molar-refractivity contribution in [1.29, 1.82) is 0 Å². The van der Waals surface area contributed by atoms with E-state index < -0.39 is 0 Å². The van der Waals surface area contributed by atoms with E-state index in [1.54, 1.807) is 13.2 Å². The first-order chi connectivity index (χ1) is 15.2. The average molecular weight is 423 g/mol. The van der Waals surface area contributed by atoms with Gasteiger partial charge in [-0.05, 0) is 103 Å². The molecule has 2 aromatic rings. The topological polar surface area (TPSA) is 9.23 Å². The first-order valence-electron chi connectivity index (χ1n) is 12.6. The Kier molecular flexibility index (Phi) is 7.82. The third-order valence-electron chi connectivity index (χ3n) is 7.95. The van der Waals surface area contributed by atoms with E-state index in [0.29, 0.717) is 17.8 Å². The molecule has 2 aromatic carbocycles. The summed E-state index contributed by atoms with van der Waals surface area (Å²) < 4.78 is 20.3. The van der Waals surface area contributed by atoms with Gasteiger partial charge in [0.25, 0.3) is 0 Å². The maximum Gasteiger partial charge on any atom is 0.127 e. The minimum Gasteiger partial charge on any atom is -0.384 e. The van der Waals surface area contributed by atoms with Crippen molar-refractivity contribution < 1.29 is 9.13 Å². The molecule has 0 atom stereocenters. The maximum atomic E-state index is 15.0. The van der Waals surface area contributed by atoms with E-state index >= 15 is 4.39 Å². The van der Waals surface area contributed by atoms with Crippen molar-refractivity contribution in [2.45, 2.75) is 83.0 Å². The van der Waals surface area contributed by atoms with Crippen LogP contribution >= 0.6 is 0 Å². The van der Waals surface area contributed by atoms with Gasteiger partial charge in [-0.25, -0.2) is 4.39 Å². The summed E-state index contributed by atoms with van der Waals surface area (Å²) in [5.41, 5.74) is 4.48. The Morgan fingerprint density at radius 1 is 0.774 bits per heavy atom. The number of rotatable bonds is 7. The highest BCUT2D eigenvalue weighted by atomic mass is 19.1. The Morgan fingerprint density at radius 3 is 2.00 bits per heavy atom. The van der Waals surface area contributed by atoms with Crippen molar-refractivity contribution >= 4 is 0 Å². The fourth-order valence-electron chi connectivity index (χ4n) is 6.05. The van der Waals surface area contributed by atoms with Crippen molar-refractivity contribution in [3.8, 4) is 11.1 Å². The molecule has 0 N–H and O–H groups in total. The molecular weight excluding hydrogens is 383 g/mol. The summed E-state index contributed by atoms with van der Waals surface area (Å²) in [7, 11) is 1.77. The van der Waals surface area contributed by atoms with Crippen LogP contribution in [-0.4, -0.2) is 13.7 Å². The predicted octanol–water partition coefficient (Wildman–Crippen LogP) is 8.49. The van der Waals surface area contributed by atoms with Gasteiger partial charge >= 0.3 is 0 Å². The largest absolute Gasteiger partial charge is 0.384 e. The lowest BCUT2D eigenvalue weighted by Gasteiger charge is -2.29. The Morgan fingerprint density at radius 2 is 1.39 bits per heavy atom. The number of hydrogen-bond donors (Lipinski definition) is 0. The molecule has 2 fully saturated rings. The summed E-state index contributed by atoms with van der Waals surface area (Å²) in [4.78, 5) is 0. The van der Waals surface area contributed by atoms with Crippen LogP contribution in [0.1, 0.15) is 94.1 Å². The highest BCUT2D eigenvalue weighted by molar-refractivity contribution is 5.64. The second-order valence-corrected chi connectivity index (χ2v) is 10.0. The van der Waals surface area contributed by atoms with E-state index in [0.717, 1.165) is 54.9 Å². The van der Waals surface area contributed by atoms with Crippen molar-refractivity contribution in [1.82, 2.24) is 0 Å². The fourth-order valence-corrected chi connectivity index (χ4v) is 6.05. The Labute approximate surface area is 188 Å². The van der Waals surface area contributed by atoms with Crippen LogP contribution in [0.25, 0.3) is 11.1 Å². The summed E-state index contributed by atoms with van der Waals surface area (Å²) in [5, 5.41) is 0. The van der Waals surface area contributed by atoms with Crippen LogP contribution in [0.3, 0.4) is 0 Å². The lowest BCUT2D eigenvalue weighted by Crippen LogP contribution is -2.17. The van der Waals surface area contributed by atoms with Gasteiger partial charge in [-0.3, -0.25) is 0 Å². The third-order valence-corrected chi connectivity index (χ3v) is 7.95. The number of halogens is 1. The minimum atomic E-state index is -0.0361. The fraction of sp³-hybridized carbons (Fsp3) is 0.586. The maximum absolute atomic E-state index is 15.0. The monoisotopic (exact) mass is 422 g/mol. The van der Waals surface area contributed by atoms with Crippen LogP contribution in [0, 0.1) is 17.7 Å². The quantitative estimate of drug-likeness (QED) is 0.434. The molecule has 2 aliphatic rings. The molecule has 0 amide bonds. The van der Waals surface area contributed by atoms with E-state index in [1.165, 1.54) is 44.1 Å². The normalized spacial score (nSPS) is 26.7. The van der Waals surface area contributed by atoms with Crippen molar-refractivity contribution in [2.24, 2.45) is 11.8 Å².